The lowest BCUT2D eigenvalue weighted by molar-refractivity contribution is 0.413. The molecule has 2 nitrogen and oxygen atoms in total. The molecule has 3 heteroatoms. The van der Waals surface area contributed by atoms with Crippen LogP contribution >= 0.6 is 15.9 Å². The summed E-state index contributed by atoms with van der Waals surface area (Å²) in [4.78, 5) is 0. The molecule has 1 aliphatic carbocycles. The number of benzene rings is 1. The molecule has 0 unspecified atom stereocenters. The average molecular weight is 284 g/mol. The maximum Gasteiger partial charge on any atom is 0.119 e. The minimum atomic E-state index is 0.121. The van der Waals surface area contributed by atoms with Gasteiger partial charge in [-0.1, -0.05) is 15.9 Å². The van der Waals surface area contributed by atoms with Crippen LogP contribution in [0, 0.1) is 6.92 Å². The van der Waals surface area contributed by atoms with Gasteiger partial charge < -0.3 is 10.5 Å². The van der Waals surface area contributed by atoms with Gasteiger partial charge in [0.05, 0.1) is 7.11 Å². The maximum absolute atomic E-state index is 6.11. The molecule has 0 aliphatic heterocycles. The van der Waals surface area contributed by atoms with E-state index in [-0.39, 0.29) is 5.54 Å². The van der Waals surface area contributed by atoms with E-state index in [9.17, 15) is 0 Å². The van der Waals surface area contributed by atoms with Crippen LogP contribution in [0.1, 0.15) is 30.4 Å². The smallest absolute Gasteiger partial charge is 0.119 e. The van der Waals surface area contributed by atoms with Crippen molar-refractivity contribution in [2.75, 3.05) is 7.11 Å². The lowest BCUT2D eigenvalue weighted by atomic mass is 10.0. The molecule has 2 rings (SSSR count). The fourth-order valence-electron chi connectivity index (χ4n) is 1.90. The molecule has 0 heterocycles. The van der Waals surface area contributed by atoms with Gasteiger partial charge in [0.2, 0.25) is 0 Å². The van der Waals surface area contributed by atoms with Gasteiger partial charge in [-0.25, -0.2) is 0 Å². The maximum atomic E-state index is 6.11. The molecule has 0 aromatic heterocycles. The van der Waals surface area contributed by atoms with Gasteiger partial charge in [-0.05, 0) is 55.9 Å². The van der Waals surface area contributed by atoms with E-state index >= 15 is 0 Å². The lowest BCUT2D eigenvalue weighted by Crippen LogP contribution is -2.22. The second-order valence-corrected chi connectivity index (χ2v) is 5.57. The van der Waals surface area contributed by atoms with E-state index in [1.807, 2.05) is 6.07 Å². The van der Waals surface area contributed by atoms with Crippen molar-refractivity contribution in [3.63, 3.8) is 0 Å². The lowest BCUT2D eigenvalue weighted by Gasteiger charge is -2.12. The van der Waals surface area contributed by atoms with Crippen molar-refractivity contribution in [3.8, 4) is 5.75 Å². The van der Waals surface area contributed by atoms with Gasteiger partial charge >= 0.3 is 0 Å². The summed E-state index contributed by atoms with van der Waals surface area (Å²) in [5, 5.41) is 0. The van der Waals surface area contributed by atoms with Crippen LogP contribution in [0.15, 0.2) is 16.6 Å². The third-order valence-electron chi connectivity index (χ3n) is 3.32. The summed E-state index contributed by atoms with van der Waals surface area (Å²) in [6.07, 6.45) is 4.44. The Kier molecular flexibility index (Phi) is 3.27. The Morgan fingerprint density at radius 2 is 2.12 bits per heavy atom. The highest BCUT2D eigenvalue weighted by atomic mass is 79.9. The Morgan fingerprint density at radius 3 is 2.69 bits per heavy atom. The predicted molar refractivity (Wildman–Crippen MR) is 69.9 cm³/mol. The Hall–Kier alpha value is -0.540. The van der Waals surface area contributed by atoms with E-state index in [1.54, 1.807) is 7.11 Å². The van der Waals surface area contributed by atoms with E-state index in [0.29, 0.717) is 0 Å². The Balaban J connectivity index is 2.15. The Labute approximate surface area is 105 Å². The topological polar surface area (TPSA) is 35.2 Å². The molecule has 0 radical (unpaired) electrons. The first-order valence-corrected chi connectivity index (χ1v) is 6.45. The van der Waals surface area contributed by atoms with E-state index < -0.39 is 0 Å². The number of nitrogens with two attached hydrogens (primary N) is 1. The van der Waals surface area contributed by atoms with Gasteiger partial charge in [0.25, 0.3) is 0 Å². The molecule has 1 aliphatic rings. The van der Waals surface area contributed by atoms with Gasteiger partial charge in [-0.15, -0.1) is 0 Å². The fourth-order valence-corrected chi connectivity index (χ4v) is 2.33. The molecule has 1 saturated carbocycles. The second-order valence-electron chi connectivity index (χ2n) is 4.78. The number of hydrogen-bond acceptors (Lipinski definition) is 2. The minimum absolute atomic E-state index is 0.121. The van der Waals surface area contributed by atoms with Crippen LogP contribution < -0.4 is 10.5 Å². The van der Waals surface area contributed by atoms with Crippen LogP contribution in [-0.2, 0) is 6.42 Å². The first-order chi connectivity index (χ1) is 7.54. The first kappa shape index (κ1) is 11.9. The third-order valence-corrected chi connectivity index (χ3v) is 4.46. The molecule has 0 atom stereocenters. The monoisotopic (exact) mass is 283 g/mol. The van der Waals surface area contributed by atoms with E-state index in [1.165, 1.54) is 28.4 Å². The summed E-state index contributed by atoms with van der Waals surface area (Å²) in [7, 11) is 1.71. The zero-order chi connectivity index (χ0) is 11.8. The summed E-state index contributed by atoms with van der Waals surface area (Å²) in [5.74, 6) is 0.928. The van der Waals surface area contributed by atoms with Crippen LogP contribution in [0.3, 0.4) is 0 Å². The van der Waals surface area contributed by atoms with Gasteiger partial charge in [0.15, 0.2) is 0 Å². The van der Waals surface area contributed by atoms with Crippen LogP contribution in [0.2, 0.25) is 0 Å². The zero-order valence-electron chi connectivity index (χ0n) is 9.85. The quantitative estimate of drug-likeness (QED) is 0.921. The minimum Gasteiger partial charge on any atom is -0.497 e. The number of aryl methyl sites for hydroxylation is 2. The van der Waals surface area contributed by atoms with Gasteiger partial charge in [0.1, 0.15) is 5.75 Å². The number of ether oxygens (including phenoxy) is 1. The molecule has 0 amide bonds. The summed E-state index contributed by atoms with van der Waals surface area (Å²) in [5.41, 5.74) is 8.75. The van der Waals surface area contributed by atoms with Crippen molar-refractivity contribution in [1.82, 2.24) is 0 Å². The third kappa shape index (κ3) is 2.58. The molecule has 1 fully saturated rings. The average Bonchev–Trinajstić information content (AvgIpc) is 2.99. The number of rotatable bonds is 4. The number of halogens is 1. The Morgan fingerprint density at radius 1 is 1.44 bits per heavy atom. The molecule has 0 bridgehead atoms. The van der Waals surface area contributed by atoms with Crippen LogP contribution in [0.25, 0.3) is 0 Å². The van der Waals surface area contributed by atoms with E-state index in [0.717, 1.165) is 18.6 Å². The van der Waals surface area contributed by atoms with Crippen LogP contribution in [0.4, 0.5) is 0 Å². The summed E-state index contributed by atoms with van der Waals surface area (Å²) >= 11 is 3.64. The second kappa shape index (κ2) is 4.38. The van der Waals surface area contributed by atoms with Gasteiger partial charge in [-0.2, -0.15) is 0 Å². The first-order valence-electron chi connectivity index (χ1n) is 5.66. The van der Waals surface area contributed by atoms with Gasteiger partial charge in [-0.3, -0.25) is 0 Å². The molecule has 2 N–H and O–H groups in total. The van der Waals surface area contributed by atoms with Gasteiger partial charge in [0, 0.05) is 10.0 Å². The largest absolute Gasteiger partial charge is 0.497 e. The zero-order valence-corrected chi connectivity index (χ0v) is 11.4. The van der Waals surface area contributed by atoms with Crippen molar-refractivity contribution in [1.29, 1.82) is 0 Å². The predicted octanol–water partition coefficient (Wildman–Crippen LogP) is 3.19. The summed E-state index contributed by atoms with van der Waals surface area (Å²) in [6.45, 7) is 2.09. The summed E-state index contributed by atoms with van der Waals surface area (Å²) in [6, 6.07) is 4.14. The van der Waals surface area contributed by atoms with E-state index in [4.69, 9.17) is 10.5 Å². The van der Waals surface area contributed by atoms with Crippen molar-refractivity contribution < 1.29 is 4.74 Å². The molecule has 16 heavy (non-hydrogen) atoms. The van der Waals surface area contributed by atoms with E-state index in [2.05, 4.69) is 28.9 Å². The molecule has 88 valence electrons. The molecule has 0 spiro atoms. The molecule has 1 aromatic rings. The standard InChI is InChI=1S/C13H18BrNO/c1-9-7-11(16-2)8-10(12(9)14)3-4-13(15)5-6-13/h7-8H,3-6,15H2,1-2H3. The fraction of sp³-hybridized carbons (Fsp3) is 0.538. The highest BCUT2D eigenvalue weighted by molar-refractivity contribution is 9.10. The van der Waals surface area contributed by atoms with Crippen molar-refractivity contribution in [2.45, 2.75) is 38.1 Å². The Bertz CT molecular complexity index is 399. The molecular formula is C13H18BrNO. The summed E-state index contributed by atoms with van der Waals surface area (Å²) < 4.78 is 6.48. The highest BCUT2D eigenvalue weighted by Gasteiger charge is 2.37. The normalized spacial score (nSPS) is 17.2. The molecule has 1 aromatic carbocycles. The SMILES string of the molecule is COc1cc(C)c(Br)c(CCC2(N)CC2)c1. The molecule has 0 saturated heterocycles. The highest BCUT2D eigenvalue weighted by Crippen LogP contribution is 2.38. The van der Waals surface area contributed by atoms with Crippen molar-refractivity contribution >= 4 is 15.9 Å². The number of hydrogen-bond donors (Lipinski definition) is 1. The van der Waals surface area contributed by atoms with Crippen LogP contribution in [0.5, 0.6) is 5.75 Å². The van der Waals surface area contributed by atoms with Crippen LogP contribution in [-0.4, -0.2) is 12.6 Å². The number of methoxy groups -OCH3 is 1. The molecular weight excluding hydrogens is 266 g/mol. The van der Waals surface area contributed by atoms with Crippen molar-refractivity contribution in [3.05, 3.63) is 27.7 Å². The van der Waals surface area contributed by atoms with Crippen molar-refractivity contribution in [2.24, 2.45) is 5.73 Å².